The van der Waals surface area contributed by atoms with E-state index in [1.807, 2.05) is 12.1 Å². The Morgan fingerprint density at radius 1 is 0.818 bits per heavy atom. The van der Waals surface area contributed by atoms with Gasteiger partial charge in [-0.1, -0.05) is 71.8 Å². The zero-order valence-electron chi connectivity index (χ0n) is 18.7. The van der Waals surface area contributed by atoms with Gasteiger partial charge in [0, 0.05) is 45.9 Å². The molecule has 0 N–H and O–H groups in total. The largest absolute Gasteiger partial charge is 0.473 e. The Morgan fingerprint density at radius 2 is 1.52 bits per heavy atom. The third kappa shape index (κ3) is 3.41. The van der Waals surface area contributed by atoms with Crippen molar-refractivity contribution in [3.63, 3.8) is 0 Å². The van der Waals surface area contributed by atoms with E-state index in [1.54, 1.807) is 0 Å². The van der Waals surface area contributed by atoms with Gasteiger partial charge in [0.1, 0.15) is 5.75 Å². The first kappa shape index (κ1) is 20.4. The van der Waals surface area contributed by atoms with E-state index in [0.717, 1.165) is 51.3 Å². The van der Waals surface area contributed by atoms with Gasteiger partial charge in [0.25, 0.3) is 0 Å². The highest BCUT2D eigenvalue weighted by atomic mass is 35.5. The number of hydrogen-bond acceptors (Lipinski definition) is 2. The summed E-state index contributed by atoms with van der Waals surface area (Å²) in [4.78, 5) is 2.46. The van der Waals surface area contributed by atoms with Gasteiger partial charge in [-0.25, -0.2) is 0 Å². The summed E-state index contributed by atoms with van der Waals surface area (Å²) in [5.41, 5.74) is 5.09. The van der Waals surface area contributed by atoms with Crippen LogP contribution in [0.4, 0.5) is 5.69 Å². The molecule has 2 aliphatic rings. The van der Waals surface area contributed by atoms with Crippen molar-refractivity contribution in [3.05, 3.63) is 112 Å². The van der Waals surface area contributed by atoms with E-state index in [2.05, 4.69) is 90.7 Å². The number of fused-ring (bicyclic) bond motifs is 3. The lowest BCUT2D eigenvalue weighted by molar-refractivity contribution is 0.161. The van der Waals surface area contributed by atoms with Gasteiger partial charge in [-0.2, -0.15) is 0 Å². The summed E-state index contributed by atoms with van der Waals surface area (Å²) < 4.78 is 6.90. The number of benzene rings is 4. The number of hydrogen-bond donors (Lipinski definition) is 0. The summed E-state index contributed by atoms with van der Waals surface area (Å²) in [6.45, 7) is 4.39. The first-order chi connectivity index (χ1) is 16.1. The second kappa shape index (κ2) is 7.97. The molecule has 2 nitrogen and oxygen atoms in total. The zero-order chi connectivity index (χ0) is 22.4. The Kier molecular flexibility index (Phi) is 4.92. The van der Waals surface area contributed by atoms with Crippen LogP contribution < -0.4 is 9.64 Å². The van der Waals surface area contributed by atoms with Crippen LogP contribution in [0.5, 0.6) is 5.75 Å². The molecule has 2 heterocycles. The van der Waals surface area contributed by atoms with E-state index in [-0.39, 0.29) is 0 Å². The average molecular weight is 452 g/mol. The molecule has 164 valence electrons. The van der Waals surface area contributed by atoms with Gasteiger partial charge in [0.15, 0.2) is 5.60 Å². The van der Waals surface area contributed by atoms with Crippen LogP contribution in [0.3, 0.4) is 0 Å². The lowest BCUT2D eigenvalue weighted by Crippen LogP contribution is -2.34. The Hall–Kier alpha value is -3.23. The molecular weight excluding hydrogens is 426 g/mol. The third-order valence-electron chi connectivity index (χ3n) is 7.00. The Morgan fingerprint density at radius 3 is 2.24 bits per heavy atom. The van der Waals surface area contributed by atoms with Gasteiger partial charge >= 0.3 is 0 Å². The van der Waals surface area contributed by atoms with Crippen molar-refractivity contribution in [3.8, 4) is 5.75 Å². The molecule has 1 fully saturated rings. The van der Waals surface area contributed by atoms with Crippen LogP contribution in [0, 0.1) is 6.92 Å². The maximum atomic E-state index is 6.90. The van der Waals surface area contributed by atoms with Crippen LogP contribution in [0.1, 0.15) is 35.1 Å². The summed E-state index contributed by atoms with van der Waals surface area (Å²) in [5, 5.41) is 2.90. The maximum Gasteiger partial charge on any atom is 0.178 e. The summed E-state index contributed by atoms with van der Waals surface area (Å²) in [5.74, 6) is 0.849. The maximum absolute atomic E-state index is 6.90. The fraction of sp³-hybridized carbons (Fsp3) is 0.200. The van der Waals surface area contributed by atoms with Gasteiger partial charge in [-0.15, -0.1) is 0 Å². The molecule has 0 radical (unpaired) electrons. The van der Waals surface area contributed by atoms with Crippen LogP contribution in [-0.4, -0.2) is 13.1 Å². The third-order valence-corrected chi connectivity index (χ3v) is 7.31. The van der Waals surface area contributed by atoms with Crippen LogP contribution in [-0.2, 0) is 5.60 Å². The number of halogens is 1. The van der Waals surface area contributed by atoms with Crippen molar-refractivity contribution in [2.24, 2.45) is 0 Å². The van der Waals surface area contributed by atoms with Gasteiger partial charge < -0.3 is 9.64 Å². The second-order valence-corrected chi connectivity index (χ2v) is 9.50. The van der Waals surface area contributed by atoms with Crippen molar-refractivity contribution >= 4 is 34.1 Å². The lowest BCUT2D eigenvalue weighted by Gasteiger charge is -2.37. The summed E-state index contributed by atoms with van der Waals surface area (Å²) in [6, 6.07) is 27.7. The average Bonchev–Trinajstić information content (AvgIpc) is 3.39. The lowest BCUT2D eigenvalue weighted by atomic mass is 9.82. The van der Waals surface area contributed by atoms with Crippen LogP contribution >= 0.6 is 11.6 Å². The molecule has 2 aliphatic heterocycles. The van der Waals surface area contributed by atoms with Gasteiger partial charge in [-0.05, 0) is 61.6 Å². The van der Waals surface area contributed by atoms with Crippen molar-refractivity contribution in [1.29, 1.82) is 0 Å². The van der Waals surface area contributed by atoms with Crippen molar-refractivity contribution in [2.75, 3.05) is 18.0 Å². The van der Waals surface area contributed by atoms with Crippen molar-refractivity contribution < 1.29 is 4.74 Å². The van der Waals surface area contributed by atoms with E-state index < -0.39 is 5.60 Å². The van der Waals surface area contributed by atoms with E-state index in [9.17, 15) is 0 Å². The van der Waals surface area contributed by atoms with Crippen molar-refractivity contribution in [2.45, 2.75) is 25.4 Å². The number of ether oxygens (including phenoxy) is 1. The molecular formula is C30H26ClNO. The molecule has 0 spiro atoms. The molecule has 3 heteroatoms. The fourth-order valence-corrected chi connectivity index (χ4v) is 5.46. The fourth-order valence-electron chi connectivity index (χ4n) is 5.18. The molecule has 0 saturated carbocycles. The van der Waals surface area contributed by atoms with Crippen LogP contribution in [0.25, 0.3) is 16.8 Å². The molecule has 4 aromatic rings. The molecule has 0 amide bonds. The number of anilines is 1. The molecule has 6 rings (SSSR count). The van der Waals surface area contributed by atoms with Gasteiger partial charge in [0.05, 0.1) is 0 Å². The standard InChI is InChI=1S/C30H26ClNO/c1-21-7-10-23(11-8-21)30(24-12-14-25(15-13-24)32-19-2-3-20-32)18-17-26-28(33-30)16-9-22-5-4-6-27(31)29(22)26/h4-18H,2-3,19-20H2,1H3. The Labute approximate surface area is 200 Å². The van der Waals surface area contributed by atoms with Gasteiger partial charge in [0.2, 0.25) is 0 Å². The Balaban J connectivity index is 1.50. The first-order valence-corrected chi connectivity index (χ1v) is 12.0. The summed E-state index contributed by atoms with van der Waals surface area (Å²) in [7, 11) is 0. The minimum Gasteiger partial charge on any atom is -0.473 e. The topological polar surface area (TPSA) is 12.5 Å². The molecule has 1 saturated heterocycles. The second-order valence-electron chi connectivity index (χ2n) is 9.09. The highest BCUT2D eigenvalue weighted by Crippen LogP contribution is 2.45. The zero-order valence-corrected chi connectivity index (χ0v) is 19.5. The van der Waals surface area contributed by atoms with Crippen LogP contribution in [0.2, 0.25) is 5.02 Å². The highest BCUT2D eigenvalue weighted by molar-refractivity contribution is 6.36. The molecule has 0 aliphatic carbocycles. The quantitative estimate of drug-likeness (QED) is 0.315. The van der Waals surface area contributed by atoms with E-state index in [0.29, 0.717) is 0 Å². The monoisotopic (exact) mass is 451 g/mol. The minimum absolute atomic E-state index is 0.695. The smallest absolute Gasteiger partial charge is 0.178 e. The number of rotatable bonds is 3. The van der Waals surface area contributed by atoms with Gasteiger partial charge in [-0.3, -0.25) is 0 Å². The normalized spacial score (nSPS) is 19.5. The molecule has 1 unspecified atom stereocenters. The van der Waals surface area contributed by atoms with Crippen LogP contribution in [0.15, 0.2) is 84.9 Å². The number of nitrogens with zero attached hydrogens (tertiary/aromatic N) is 1. The summed E-state index contributed by atoms with van der Waals surface area (Å²) in [6.07, 6.45) is 6.91. The molecule has 4 aromatic carbocycles. The molecule has 33 heavy (non-hydrogen) atoms. The SMILES string of the molecule is Cc1ccc(C2(c3ccc(N4CCCC4)cc3)C=Cc3c(ccc4cccc(Cl)c34)O2)cc1. The van der Waals surface area contributed by atoms with E-state index >= 15 is 0 Å². The molecule has 1 atom stereocenters. The highest BCUT2D eigenvalue weighted by Gasteiger charge is 2.37. The van der Waals surface area contributed by atoms with E-state index in [4.69, 9.17) is 16.3 Å². The summed E-state index contributed by atoms with van der Waals surface area (Å²) >= 11 is 6.60. The first-order valence-electron chi connectivity index (χ1n) is 11.7. The predicted molar refractivity (Wildman–Crippen MR) is 138 cm³/mol. The molecule has 0 bridgehead atoms. The predicted octanol–water partition coefficient (Wildman–Crippen LogP) is 7.75. The minimum atomic E-state index is -0.695. The molecule has 0 aromatic heterocycles. The number of aryl methyl sites for hydroxylation is 1. The van der Waals surface area contributed by atoms with Crippen molar-refractivity contribution in [1.82, 2.24) is 0 Å². The Bertz CT molecular complexity index is 1350. The van der Waals surface area contributed by atoms with E-state index in [1.165, 1.54) is 24.1 Å².